The minimum atomic E-state index is -0.231. The summed E-state index contributed by atoms with van der Waals surface area (Å²) in [6.45, 7) is 6.64. The first-order valence-corrected chi connectivity index (χ1v) is 8.79. The summed E-state index contributed by atoms with van der Waals surface area (Å²) in [5, 5.41) is 0. The standard InChI is InChI=1S/C17H23NO2S/c1-10(2)18-15-9-21-6-5-13(15)14-8-12(17(19)20-4)7-11(3)16(14)18/h7-8,10,13,15H,5-6,9H2,1-4H3. The van der Waals surface area contributed by atoms with E-state index in [0.717, 1.165) is 0 Å². The van der Waals surface area contributed by atoms with Crippen molar-refractivity contribution in [1.29, 1.82) is 0 Å². The average molecular weight is 305 g/mol. The maximum atomic E-state index is 11.9. The molecule has 2 atom stereocenters. The molecule has 0 radical (unpaired) electrons. The topological polar surface area (TPSA) is 29.5 Å². The van der Waals surface area contributed by atoms with E-state index in [-0.39, 0.29) is 5.97 Å². The molecular weight excluding hydrogens is 282 g/mol. The van der Waals surface area contributed by atoms with Gasteiger partial charge in [-0.3, -0.25) is 0 Å². The Morgan fingerprint density at radius 2 is 2.19 bits per heavy atom. The van der Waals surface area contributed by atoms with E-state index in [1.165, 1.54) is 41.9 Å². The zero-order chi connectivity index (χ0) is 15.1. The highest BCUT2D eigenvalue weighted by molar-refractivity contribution is 7.99. The van der Waals surface area contributed by atoms with E-state index in [2.05, 4.69) is 43.5 Å². The number of ether oxygens (including phenoxy) is 1. The first-order valence-electron chi connectivity index (χ1n) is 7.63. The number of rotatable bonds is 2. The number of aryl methyl sites for hydroxylation is 1. The van der Waals surface area contributed by atoms with E-state index in [1.807, 2.05) is 6.07 Å². The predicted molar refractivity (Wildman–Crippen MR) is 88.6 cm³/mol. The lowest BCUT2D eigenvalue weighted by molar-refractivity contribution is 0.0600. The molecule has 2 aliphatic heterocycles. The van der Waals surface area contributed by atoms with Gasteiger partial charge in [0.2, 0.25) is 0 Å². The Kier molecular flexibility index (Phi) is 3.91. The van der Waals surface area contributed by atoms with Gasteiger partial charge in [0.1, 0.15) is 0 Å². The predicted octanol–water partition coefficient (Wildman–Crippen LogP) is 3.60. The molecule has 0 N–H and O–H groups in total. The second-order valence-corrected chi connectivity index (χ2v) is 7.41. The van der Waals surface area contributed by atoms with Crippen LogP contribution in [0, 0.1) is 6.92 Å². The third kappa shape index (κ3) is 2.33. The van der Waals surface area contributed by atoms with E-state index in [0.29, 0.717) is 23.6 Å². The van der Waals surface area contributed by atoms with Gasteiger partial charge in [-0.1, -0.05) is 0 Å². The van der Waals surface area contributed by atoms with Crippen molar-refractivity contribution in [1.82, 2.24) is 0 Å². The zero-order valence-electron chi connectivity index (χ0n) is 13.2. The van der Waals surface area contributed by atoms with E-state index in [4.69, 9.17) is 4.74 Å². The molecule has 0 saturated carbocycles. The summed E-state index contributed by atoms with van der Waals surface area (Å²) in [4.78, 5) is 14.5. The van der Waals surface area contributed by atoms with Crippen LogP contribution in [0.3, 0.4) is 0 Å². The van der Waals surface area contributed by atoms with Crippen LogP contribution in [0.25, 0.3) is 0 Å². The van der Waals surface area contributed by atoms with Crippen molar-refractivity contribution in [2.24, 2.45) is 0 Å². The Balaban J connectivity index is 2.12. The molecule has 0 bridgehead atoms. The number of benzene rings is 1. The largest absolute Gasteiger partial charge is 0.465 e. The zero-order valence-corrected chi connectivity index (χ0v) is 14.0. The Hall–Kier alpha value is -1.16. The molecule has 2 unspecified atom stereocenters. The Morgan fingerprint density at radius 3 is 2.86 bits per heavy atom. The molecule has 1 fully saturated rings. The molecule has 2 aliphatic rings. The van der Waals surface area contributed by atoms with Crippen molar-refractivity contribution in [2.75, 3.05) is 23.5 Å². The van der Waals surface area contributed by atoms with Gasteiger partial charge in [0.25, 0.3) is 0 Å². The first kappa shape index (κ1) is 14.8. The molecule has 0 spiro atoms. The van der Waals surface area contributed by atoms with Crippen molar-refractivity contribution in [3.63, 3.8) is 0 Å². The SMILES string of the molecule is COC(=O)c1cc(C)c2c(c1)C1CCSCC1N2C(C)C. The third-order valence-corrected chi connectivity index (χ3v) is 5.75. The van der Waals surface area contributed by atoms with Gasteiger partial charge in [0.05, 0.1) is 12.7 Å². The average Bonchev–Trinajstić information content (AvgIpc) is 2.81. The summed E-state index contributed by atoms with van der Waals surface area (Å²) in [6, 6.07) is 5.11. The minimum absolute atomic E-state index is 0.231. The lowest BCUT2D eigenvalue weighted by Gasteiger charge is -2.36. The number of esters is 1. The molecule has 2 heterocycles. The molecular formula is C17H23NO2S. The van der Waals surface area contributed by atoms with Crippen LogP contribution in [0.2, 0.25) is 0 Å². The van der Waals surface area contributed by atoms with E-state index >= 15 is 0 Å². The molecule has 0 amide bonds. The maximum Gasteiger partial charge on any atom is 0.337 e. The molecule has 21 heavy (non-hydrogen) atoms. The Bertz CT molecular complexity index is 570. The summed E-state index contributed by atoms with van der Waals surface area (Å²) in [5.41, 5.74) is 4.60. The van der Waals surface area contributed by atoms with E-state index in [9.17, 15) is 4.79 Å². The highest BCUT2D eigenvalue weighted by Gasteiger charge is 2.42. The van der Waals surface area contributed by atoms with Crippen LogP contribution in [-0.4, -0.2) is 36.7 Å². The molecule has 1 aromatic carbocycles. The third-order valence-electron chi connectivity index (χ3n) is 4.65. The molecule has 1 aromatic rings. The maximum absolute atomic E-state index is 11.9. The monoisotopic (exact) mass is 305 g/mol. The fourth-order valence-corrected chi connectivity index (χ4v) is 5.07. The fourth-order valence-electron chi connectivity index (χ4n) is 3.84. The van der Waals surface area contributed by atoms with Gasteiger partial charge in [-0.25, -0.2) is 4.79 Å². The summed E-state index contributed by atoms with van der Waals surface area (Å²) in [7, 11) is 1.45. The van der Waals surface area contributed by atoms with Gasteiger partial charge >= 0.3 is 5.97 Å². The second kappa shape index (κ2) is 5.56. The van der Waals surface area contributed by atoms with Crippen LogP contribution < -0.4 is 4.90 Å². The number of methoxy groups -OCH3 is 1. The molecule has 1 saturated heterocycles. The summed E-state index contributed by atoms with van der Waals surface area (Å²) in [6.07, 6.45) is 1.20. The molecule has 3 nitrogen and oxygen atoms in total. The summed E-state index contributed by atoms with van der Waals surface area (Å²) in [5.74, 6) is 2.73. The van der Waals surface area contributed by atoms with Crippen LogP contribution in [0.4, 0.5) is 5.69 Å². The summed E-state index contributed by atoms with van der Waals surface area (Å²) < 4.78 is 4.90. The highest BCUT2D eigenvalue weighted by Crippen LogP contribution is 2.49. The number of carbonyl (C=O) groups excluding carboxylic acids is 1. The van der Waals surface area contributed by atoms with Gasteiger partial charge in [-0.05, 0) is 56.2 Å². The second-order valence-electron chi connectivity index (χ2n) is 6.26. The number of thioether (sulfide) groups is 1. The van der Waals surface area contributed by atoms with Crippen LogP contribution in [0.1, 0.15) is 47.7 Å². The lowest BCUT2D eigenvalue weighted by atomic mass is 9.90. The van der Waals surface area contributed by atoms with Gasteiger partial charge in [0, 0.05) is 29.4 Å². The minimum Gasteiger partial charge on any atom is -0.465 e. The number of anilines is 1. The van der Waals surface area contributed by atoms with Crippen molar-refractivity contribution in [3.05, 3.63) is 28.8 Å². The Morgan fingerprint density at radius 1 is 1.43 bits per heavy atom. The quantitative estimate of drug-likeness (QED) is 0.781. The smallest absolute Gasteiger partial charge is 0.337 e. The van der Waals surface area contributed by atoms with Crippen LogP contribution in [0.15, 0.2) is 12.1 Å². The highest BCUT2D eigenvalue weighted by atomic mass is 32.2. The van der Waals surface area contributed by atoms with Gasteiger partial charge in [-0.2, -0.15) is 11.8 Å². The van der Waals surface area contributed by atoms with Gasteiger partial charge in [0.15, 0.2) is 0 Å². The van der Waals surface area contributed by atoms with Crippen molar-refractivity contribution < 1.29 is 9.53 Å². The molecule has 114 valence electrons. The number of fused-ring (bicyclic) bond motifs is 3. The Labute approximate surface area is 131 Å². The van der Waals surface area contributed by atoms with Gasteiger partial charge < -0.3 is 9.64 Å². The van der Waals surface area contributed by atoms with E-state index < -0.39 is 0 Å². The fraction of sp³-hybridized carbons (Fsp3) is 0.588. The van der Waals surface area contributed by atoms with Gasteiger partial charge in [-0.15, -0.1) is 0 Å². The molecule has 0 aromatic heterocycles. The number of nitrogens with zero attached hydrogens (tertiary/aromatic N) is 1. The van der Waals surface area contributed by atoms with Crippen molar-refractivity contribution in [2.45, 2.75) is 45.2 Å². The van der Waals surface area contributed by atoms with Crippen LogP contribution >= 0.6 is 11.8 Å². The van der Waals surface area contributed by atoms with Crippen molar-refractivity contribution in [3.8, 4) is 0 Å². The normalized spacial score (nSPS) is 24.0. The van der Waals surface area contributed by atoms with Crippen LogP contribution in [-0.2, 0) is 4.74 Å². The number of carbonyl (C=O) groups is 1. The first-order chi connectivity index (χ1) is 10.0. The molecule has 0 aliphatic carbocycles. The number of hydrogen-bond acceptors (Lipinski definition) is 4. The number of hydrogen-bond donors (Lipinski definition) is 0. The van der Waals surface area contributed by atoms with E-state index in [1.54, 1.807) is 0 Å². The van der Waals surface area contributed by atoms with Crippen molar-refractivity contribution >= 4 is 23.4 Å². The lowest BCUT2D eigenvalue weighted by Crippen LogP contribution is -2.42. The molecule has 3 rings (SSSR count). The molecule has 4 heteroatoms. The van der Waals surface area contributed by atoms with Crippen LogP contribution in [0.5, 0.6) is 0 Å². The summed E-state index contributed by atoms with van der Waals surface area (Å²) >= 11 is 2.05.